The van der Waals surface area contributed by atoms with Gasteiger partial charge in [-0.05, 0) is 25.1 Å². The minimum atomic E-state index is -1.03. The number of ether oxygens (including phenoxy) is 1. The molecule has 0 aliphatic carbocycles. The van der Waals surface area contributed by atoms with Crippen LogP contribution in [0.25, 0.3) is 10.9 Å². The van der Waals surface area contributed by atoms with E-state index < -0.39 is 5.97 Å². The van der Waals surface area contributed by atoms with Gasteiger partial charge in [0.05, 0.1) is 17.7 Å². The molecule has 4 nitrogen and oxygen atoms in total. The van der Waals surface area contributed by atoms with Gasteiger partial charge in [0.15, 0.2) is 0 Å². The third-order valence-electron chi connectivity index (χ3n) is 2.45. The number of carboxylic acids is 1. The Balaban J connectivity index is 2.97. The summed E-state index contributed by atoms with van der Waals surface area (Å²) in [6.45, 7) is 1.73. The first-order chi connectivity index (χ1) is 8.04. The second-order valence-corrected chi connectivity index (χ2v) is 4.00. The number of hydrogen-bond donors (Lipinski definition) is 1. The van der Waals surface area contributed by atoms with Gasteiger partial charge in [-0.1, -0.05) is 11.6 Å². The molecule has 0 saturated carbocycles. The fraction of sp³-hybridized carbons (Fsp3) is 0.167. The number of hydrogen-bond acceptors (Lipinski definition) is 3. The lowest BCUT2D eigenvalue weighted by atomic mass is 10.1. The lowest BCUT2D eigenvalue weighted by Crippen LogP contribution is -2.01. The maximum Gasteiger partial charge on any atom is 0.336 e. The molecule has 0 saturated heterocycles. The molecule has 1 N–H and O–H groups in total. The zero-order valence-corrected chi connectivity index (χ0v) is 10.1. The van der Waals surface area contributed by atoms with E-state index in [-0.39, 0.29) is 5.56 Å². The second-order valence-electron chi connectivity index (χ2n) is 3.59. The van der Waals surface area contributed by atoms with E-state index in [1.54, 1.807) is 19.1 Å². The first-order valence-electron chi connectivity index (χ1n) is 4.91. The van der Waals surface area contributed by atoms with Gasteiger partial charge in [-0.3, -0.25) is 0 Å². The maximum absolute atomic E-state index is 11.2. The summed E-state index contributed by atoms with van der Waals surface area (Å²) >= 11 is 6.03. The molecule has 0 aliphatic heterocycles. The standard InChI is InChI=1S/C12H10ClNO3/c1-6-5-7(12(15)16)10-8(13)3-4-9(17-2)11(10)14-6/h3-5H,1-2H3,(H,15,16). The normalized spacial score (nSPS) is 10.5. The summed E-state index contributed by atoms with van der Waals surface area (Å²) < 4.78 is 5.16. The number of benzene rings is 1. The van der Waals surface area contributed by atoms with Crippen molar-refractivity contribution in [3.63, 3.8) is 0 Å². The fourth-order valence-electron chi connectivity index (χ4n) is 1.74. The first-order valence-corrected chi connectivity index (χ1v) is 5.29. The van der Waals surface area contributed by atoms with E-state index in [0.29, 0.717) is 27.4 Å². The number of aromatic carboxylic acids is 1. The van der Waals surface area contributed by atoms with Crippen molar-refractivity contribution in [3.8, 4) is 5.75 Å². The molecule has 0 bridgehead atoms. The van der Waals surface area contributed by atoms with Crippen LogP contribution in [0.1, 0.15) is 16.1 Å². The average molecular weight is 252 g/mol. The van der Waals surface area contributed by atoms with Crippen LogP contribution in [0.2, 0.25) is 5.02 Å². The topological polar surface area (TPSA) is 59.4 Å². The van der Waals surface area contributed by atoms with Crippen LogP contribution >= 0.6 is 11.6 Å². The Morgan fingerprint density at radius 1 is 1.47 bits per heavy atom. The SMILES string of the molecule is COc1ccc(Cl)c2c(C(=O)O)cc(C)nc12. The molecule has 0 atom stereocenters. The van der Waals surface area contributed by atoms with Gasteiger partial charge < -0.3 is 9.84 Å². The molecule has 0 radical (unpaired) electrons. The molecule has 2 aromatic rings. The van der Waals surface area contributed by atoms with Crippen LogP contribution in [0.3, 0.4) is 0 Å². The van der Waals surface area contributed by atoms with Crippen molar-refractivity contribution in [2.75, 3.05) is 7.11 Å². The summed E-state index contributed by atoms with van der Waals surface area (Å²) in [4.78, 5) is 15.5. The average Bonchev–Trinajstić information content (AvgIpc) is 2.28. The van der Waals surface area contributed by atoms with Gasteiger partial charge in [0, 0.05) is 11.1 Å². The first kappa shape index (κ1) is 11.7. The molecule has 17 heavy (non-hydrogen) atoms. The Morgan fingerprint density at radius 2 is 2.18 bits per heavy atom. The fourth-order valence-corrected chi connectivity index (χ4v) is 1.99. The van der Waals surface area contributed by atoms with Gasteiger partial charge in [-0.15, -0.1) is 0 Å². The molecular weight excluding hydrogens is 242 g/mol. The Kier molecular flexibility index (Phi) is 2.90. The number of aryl methyl sites for hydroxylation is 1. The Bertz CT molecular complexity index is 610. The van der Waals surface area contributed by atoms with Crippen LogP contribution in [0.15, 0.2) is 18.2 Å². The highest BCUT2D eigenvalue weighted by molar-refractivity contribution is 6.36. The van der Waals surface area contributed by atoms with Crippen LogP contribution in [0.4, 0.5) is 0 Å². The Labute approximate surface area is 103 Å². The third kappa shape index (κ3) is 1.91. The highest BCUT2D eigenvalue weighted by Gasteiger charge is 2.16. The van der Waals surface area contributed by atoms with Crippen LogP contribution in [-0.2, 0) is 0 Å². The van der Waals surface area contributed by atoms with Gasteiger partial charge >= 0.3 is 5.97 Å². The van der Waals surface area contributed by atoms with Crippen LogP contribution in [-0.4, -0.2) is 23.2 Å². The van der Waals surface area contributed by atoms with Crippen molar-refractivity contribution in [2.45, 2.75) is 6.92 Å². The van der Waals surface area contributed by atoms with E-state index in [9.17, 15) is 4.79 Å². The van der Waals surface area contributed by atoms with Crippen molar-refractivity contribution in [1.29, 1.82) is 0 Å². The zero-order valence-electron chi connectivity index (χ0n) is 9.32. The van der Waals surface area contributed by atoms with Crippen molar-refractivity contribution >= 4 is 28.5 Å². The zero-order chi connectivity index (χ0) is 12.6. The summed E-state index contributed by atoms with van der Waals surface area (Å²) in [5, 5.41) is 9.93. The van der Waals surface area contributed by atoms with Crippen molar-refractivity contribution in [1.82, 2.24) is 4.98 Å². The molecule has 2 rings (SSSR count). The summed E-state index contributed by atoms with van der Waals surface area (Å²) in [5.41, 5.74) is 1.21. The lowest BCUT2D eigenvalue weighted by molar-refractivity contribution is 0.0699. The number of methoxy groups -OCH3 is 1. The summed E-state index contributed by atoms with van der Waals surface area (Å²) in [7, 11) is 1.51. The van der Waals surface area contributed by atoms with E-state index in [0.717, 1.165) is 0 Å². The van der Waals surface area contributed by atoms with E-state index in [2.05, 4.69) is 4.98 Å². The lowest BCUT2D eigenvalue weighted by Gasteiger charge is -2.09. The predicted molar refractivity (Wildman–Crippen MR) is 65.0 cm³/mol. The second kappa shape index (κ2) is 4.22. The molecule has 0 amide bonds. The molecule has 5 heteroatoms. The Morgan fingerprint density at radius 3 is 2.76 bits per heavy atom. The molecule has 1 heterocycles. The minimum absolute atomic E-state index is 0.136. The van der Waals surface area contributed by atoms with Gasteiger partial charge in [0.2, 0.25) is 0 Å². The predicted octanol–water partition coefficient (Wildman–Crippen LogP) is 2.90. The highest BCUT2D eigenvalue weighted by atomic mass is 35.5. The minimum Gasteiger partial charge on any atom is -0.494 e. The van der Waals surface area contributed by atoms with Gasteiger partial charge in [-0.25, -0.2) is 9.78 Å². The Hall–Kier alpha value is -1.81. The van der Waals surface area contributed by atoms with E-state index in [1.807, 2.05) is 0 Å². The van der Waals surface area contributed by atoms with Crippen LogP contribution in [0, 0.1) is 6.92 Å². The van der Waals surface area contributed by atoms with Gasteiger partial charge in [0.1, 0.15) is 11.3 Å². The van der Waals surface area contributed by atoms with E-state index in [1.165, 1.54) is 13.2 Å². The van der Waals surface area contributed by atoms with Crippen molar-refractivity contribution < 1.29 is 14.6 Å². The number of aromatic nitrogens is 1. The van der Waals surface area contributed by atoms with Gasteiger partial charge in [-0.2, -0.15) is 0 Å². The maximum atomic E-state index is 11.2. The summed E-state index contributed by atoms with van der Waals surface area (Å²) in [5.74, 6) is -0.522. The molecule has 88 valence electrons. The number of carboxylic acid groups (broad SMARTS) is 1. The molecule has 0 spiro atoms. The third-order valence-corrected chi connectivity index (χ3v) is 2.77. The number of rotatable bonds is 2. The van der Waals surface area contributed by atoms with Crippen LogP contribution in [0.5, 0.6) is 5.75 Å². The van der Waals surface area contributed by atoms with Crippen LogP contribution < -0.4 is 4.74 Å². The molecule has 0 unspecified atom stereocenters. The summed E-state index contributed by atoms with van der Waals surface area (Å²) in [6.07, 6.45) is 0. The molecule has 1 aromatic carbocycles. The number of nitrogens with zero attached hydrogens (tertiary/aromatic N) is 1. The molecule has 1 aromatic heterocycles. The molecule has 0 aliphatic rings. The number of halogens is 1. The van der Waals surface area contributed by atoms with Crippen molar-refractivity contribution in [3.05, 3.63) is 34.5 Å². The van der Waals surface area contributed by atoms with E-state index >= 15 is 0 Å². The number of fused-ring (bicyclic) bond motifs is 1. The largest absolute Gasteiger partial charge is 0.494 e. The number of pyridine rings is 1. The summed E-state index contributed by atoms with van der Waals surface area (Å²) in [6, 6.07) is 4.77. The monoisotopic (exact) mass is 251 g/mol. The molecular formula is C12H10ClNO3. The quantitative estimate of drug-likeness (QED) is 0.892. The van der Waals surface area contributed by atoms with E-state index in [4.69, 9.17) is 21.4 Å². The van der Waals surface area contributed by atoms with Crippen molar-refractivity contribution in [2.24, 2.45) is 0 Å². The molecule has 0 fully saturated rings. The smallest absolute Gasteiger partial charge is 0.336 e. The highest BCUT2D eigenvalue weighted by Crippen LogP contribution is 2.32. The number of carbonyl (C=O) groups is 1. The van der Waals surface area contributed by atoms with Gasteiger partial charge in [0.25, 0.3) is 0 Å².